The van der Waals surface area contributed by atoms with Crippen LogP contribution in [0.25, 0.3) is 5.57 Å². The van der Waals surface area contributed by atoms with E-state index in [0.29, 0.717) is 17.5 Å². The Hall–Kier alpha value is -1.32. The van der Waals surface area contributed by atoms with E-state index in [-0.39, 0.29) is 0 Å². The summed E-state index contributed by atoms with van der Waals surface area (Å²) in [6, 6.07) is 6.90. The molecule has 1 aromatic carbocycles. The van der Waals surface area contributed by atoms with E-state index < -0.39 is 5.60 Å². The molecule has 1 saturated heterocycles. The van der Waals surface area contributed by atoms with Crippen molar-refractivity contribution in [2.45, 2.75) is 77.5 Å². The van der Waals surface area contributed by atoms with Crippen LogP contribution in [-0.2, 0) is 5.60 Å². The summed E-state index contributed by atoms with van der Waals surface area (Å²) in [5.41, 5.74) is 10.2. The Labute approximate surface area is 152 Å². The van der Waals surface area contributed by atoms with Gasteiger partial charge in [0.25, 0.3) is 0 Å². The minimum Gasteiger partial charge on any atom is -0.398 e. The summed E-state index contributed by atoms with van der Waals surface area (Å²) in [6.45, 7) is 9.04. The highest BCUT2D eigenvalue weighted by atomic mass is 16.3. The number of likely N-dealkylation sites (tertiary alicyclic amines) is 1. The normalized spacial score (nSPS) is 33.1. The number of piperidine rings is 1. The van der Waals surface area contributed by atoms with Crippen LogP contribution in [0, 0.1) is 5.41 Å². The molecule has 2 unspecified atom stereocenters. The molecular weight excluding hydrogens is 308 g/mol. The molecule has 1 aliphatic carbocycles. The molecule has 3 nitrogen and oxygen atoms in total. The Morgan fingerprint density at radius 2 is 1.80 bits per heavy atom. The van der Waals surface area contributed by atoms with Crippen LogP contribution >= 0.6 is 0 Å². The quantitative estimate of drug-likeness (QED) is 0.775. The summed E-state index contributed by atoms with van der Waals surface area (Å²) in [5, 5.41) is 11.4. The molecule has 3 heteroatoms. The minimum atomic E-state index is -0.762. The molecule has 0 spiro atoms. The van der Waals surface area contributed by atoms with E-state index in [9.17, 15) is 5.11 Å². The number of hydrogen-bond donors (Lipinski definition) is 2. The predicted molar refractivity (Wildman–Crippen MR) is 106 cm³/mol. The number of anilines is 1. The van der Waals surface area contributed by atoms with E-state index in [4.69, 9.17) is 5.73 Å². The van der Waals surface area contributed by atoms with Gasteiger partial charge in [0, 0.05) is 23.3 Å². The summed E-state index contributed by atoms with van der Waals surface area (Å²) in [4.78, 5) is 2.36. The smallest absolute Gasteiger partial charge is 0.0926 e. The van der Waals surface area contributed by atoms with Gasteiger partial charge in [0.05, 0.1) is 5.60 Å². The van der Waals surface area contributed by atoms with Crippen molar-refractivity contribution < 1.29 is 5.11 Å². The second-order valence-corrected chi connectivity index (χ2v) is 9.20. The van der Waals surface area contributed by atoms with Crippen LogP contribution < -0.4 is 5.73 Å². The van der Waals surface area contributed by atoms with Crippen LogP contribution in [0.4, 0.5) is 5.69 Å². The van der Waals surface area contributed by atoms with Gasteiger partial charge in [0.1, 0.15) is 0 Å². The Bertz CT molecular complexity index is 665. The topological polar surface area (TPSA) is 49.5 Å². The molecule has 138 valence electrons. The molecule has 0 amide bonds. The lowest BCUT2D eigenvalue weighted by Crippen LogP contribution is -2.50. The molecule has 0 bridgehead atoms. The van der Waals surface area contributed by atoms with Gasteiger partial charge < -0.3 is 15.7 Å². The molecule has 25 heavy (non-hydrogen) atoms. The lowest BCUT2D eigenvalue weighted by Gasteiger charge is -2.45. The van der Waals surface area contributed by atoms with Crippen molar-refractivity contribution in [1.29, 1.82) is 0 Å². The first-order valence-electron chi connectivity index (χ1n) is 9.65. The molecule has 2 aliphatic rings. The fourth-order valence-corrected chi connectivity index (χ4v) is 4.46. The summed E-state index contributed by atoms with van der Waals surface area (Å²) >= 11 is 0. The number of allylic oxidation sites excluding steroid dienone is 2. The third kappa shape index (κ3) is 3.63. The highest BCUT2D eigenvalue weighted by molar-refractivity contribution is 5.76. The maximum atomic E-state index is 11.4. The first-order valence-corrected chi connectivity index (χ1v) is 9.65. The summed E-state index contributed by atoms with van der Waals surface area (Å²) in [6.07, 6.45) is 7.23. The summed E-state index contributed by atoms with van der Waals surface area (Å²) in [5.74, 6) is 0. The van der Waals surface area contributed by atoms with Crippen molar-refractivity contribution in [2.75, 3.05) is 12.8 Å². The summed E-state index contributed by atoms with van der Waals surface area (Å²) in [7, 11) is 2.15. The maximum absolute atomic E-state index is 11.4. The monoisotopic (exact) mass is 342 g/mol. The van der Waals surface area contributed by atoms with E-state index in [1.54, 1.807) is 0 Å². The van der Waals surface area contributed by atoms with Gasteiger partial charge in [-0.25, -0.2) is 0 Å². The zero-order valence-electron chi connectivity index (χ0n) is 16.5. The van der Waals surface area contributed by atoms with Gasteiger partial charge in [0.15, 0.2) is 0 Å². The minimum absolute atomic E-state index is 0.365. The molecule has 0 radical (unpaired) electrons. The van der Waals surface area contributed by atoms with Crippen LogP contribution in [0.1, 0.15) is 70.9 Å². The fourth-order valence-electron chi connectivity index (χ4n) is 4.46. The van der Waals surface area contributed by atoms with E-state index in [1.165, 1.54) is 12.0 Å². The highest BCUT2D eigenvalue weighted by Crippen LogP contribution is 2.43. The van der Waals surface area contributed by atoms with Crippen LogP contribution in [0.15, 0.2) is 24.3 Å². The number of rotatable bonds is 2. The third-order valence-electron chi connectivity index (χ3n) is 6.57. The molecule has 2 atom stereocenters. The molecule has 0 aromatic heterocycles. The number of hydrogen-bond acceptors (Lipinski definition) is 3. The Kier molecular flexibility index (Phi) is 4.76. The molecule has 1 aliphatic heterocycles. The number of nitrogens with two attached hydrogens (primary N) is 1. The number of nitrogens with zero attached hydrogens (tertiary/aromatic N) is 1. The zero-order valence-corrected chi connectivity index (χ0v) is 16.5. The first-order chi connectivity index (χ1) is 11.6. The van der Waals surface area contributed by atoms with Gasteiger partial charge in [-0.15, -0.1) is 0 Å². The van der Waals surface area contributed by atoms with Crippen molar-refractivity contribution in [3.05, 3.63) is 35.4 Å². The molecular formula is C22H34N2O. The molecule has 1 heterocycles. The SMILES string of the molecule is CC1CC(O)(c2ccc(N)c(C3=CCC(C)(C)CC3)c2)CC(C)N1C. The van der Waals surface area contributed by atoms with Crippen molar-refractivity contribution in [1.82, 2.24) is 4.90 Å². The maximum Gasteiger partial charge on any atom is 0.0926 e. The van der Waals surface area contributed by atoms with Gasteiger partial charge in [-0.05, 0) is 81.7 Å². The van der Waals surface area contributed by atoms with Gasteiger partial charge >= 0.3 is 0 Å². The Morgan fingerprint density at radius 3 is 2.36 bits per heavy atom. The van der Waals surface area contributed by atoms with Gasteiger partial charge in [-0.1, -0.05) is 26.0 Å². The molecule has 0 saturated carbocycles. The summed E-state index contributed by atoms with van der Waals surface area (Å²) < 4.78 is 0. The average Bonchev–Trinajstić information content (AvgIpc) is 2.53. The van der Waals surface area contributed by atoms with Gasteiger partial charge in [-0.2, -0.15) is 0 Å². The second kappa shape index (κ2) is 6.44. The number of aliphatic hydroxyl groups is 1. The number of nitrogen functional groups attached to an aromatic ring is 1. The highest BCUT2D eigenvalue weighted by Gasteiger charge is 2.40. The molecule has 1 aromatic rings. The lowest BCUT2D eigenvalue weighted by molar-refractivity contribution is -0.0629. The van der Waals surface area contributed by atoms with Crippen LogP contribution in [-0.4, -0.2) is 29.1 Å². The number of benzene rings is 1. The van der Waals surface area contributed by atoms with E-state index >= 15 is 0 Å². The van der Waals surface area contributed by atoms with Crippen LogP contribution in [0.5, 0.6) is 0 Å². The lowest BCUT2D eigenvalue weighted by atomic mass is 9.75. The first kappa shape index (κ1) is 18.5. The second-order valence-electron chi connectivity index (χ2n) is 9.20. The van der Waals surface area contributed by atoms with Crippen molar-refractivity contribution in [3.8, 4) is 0 Å². The van der Waals surface area contributed by atoms with Crippen LogP contribution in [0.2, 0.25) is 0 Å². The predicted octanol–water partition coefficient (Wildman–Crippen LogP) is 4.55. The molecule has 3 N–H and O–H groups in total. The average molecular weight is 343 g/mol. The van der Waals surface area contributed by atoms with Crippen molar-refractivity contribution >= 4 is 11.3 Å². The Morgan fingerprint density at radius 1 is 1.16 bits per heavy atom. The standard InChI is InChI=1S/C22H34N2O/c1-15-13-22(25,14-16(2)24(15)5)18-6-7-20(23)19(12-18)17-8-10-21(3,4)11-9-17/h6-8,12,15-16,25H,9-11,13-14,23H2,1-5H3. The van der Waals surface area contributed by atoms with E-state index in [2.05, 4.69) is 51.8 Å². The van der Waals surface area contributed by atoms with Gasteiger partial charge in [-0.3, -0.25) is 0 Å². The van der Waals surface area contributed by atoms with E-state index in [0.717, 1.165) is 42.5 Å². The largest absolute Gasteiger partial charge is 0.398 e. The van der Waals surface area contributed by atoms with Crippen molar-refractivity contribution in [3.63, 3.8) is 0 Å². The van der Waals surface area contributed by atoms with Gasteiger partial charge in [0.2, 0.25) is 0 Å². The fraction of sp³-hybridized carbons (Fsp3) is 0.636. The Balaban J connectivity index is 1.93. The molecule has 3 rings (SSSR count). The zero-order chi connectivity index (χ0) is 18.4. The third-order valence-corrected chi connectivity index (χ3v) is 6.57. The van der Waals surface area contributed by atoms with Crippen LogP contribution in [0.3, 0.4) is 0 Å². The molecule has 1 fully saturated rings. The van der Waals surface area contributed by atoms with E-state index in [1.807, 2.05) is 12.1 Å². The van der Waals surface area contributed by atoms with Crippen molar-refractivity contribution in [2.24, 2.45) is 5.41 Å².